The molecule has 22 heavy (non-hydrogen) atoms. The summed E-state index contributed by atoms with van der Waals surface area (Å²) in [4.78, 5) is 0. The largest absolute Gasteiger partial charge is 0.308 e. The molecule has 0 saturated carbocycles. The summed E-state index contributed by atoms with van der Waals surface area (Å²) in [5.41, 5.74) is 4.99. The lowest BCUT2D eigenvalue weighted by molar-refractivity contribution is 0.347. The van der Waals surface area contributed by atoms with E-state index in [1.54, 1.807) is 0 Å². The minimum Gasteiger partial charge on any atom is -0.308 e. The summed E-state index contributed by atoms with van der Waals surface area (Å²) >= 11 is 6.07. The Labute approximate surface area is 162 Å². The van der Waals surface area contributed by atoms with Crippen LogP contribution in [0.2, 0.25) is 0 Å². The van der Waals surface area contributed by atoms with E-state index in [4.69, 9.17) is 0 Å². The third-order valence-corrected chi connectivity index (χ3v) is 7.27. The van der Waals surface area contributed by atoms with Crippen molar-refractivity contribution in [1.29, 1.82) is 0 Å². The molecule has 0 aliphatic heterocycles. The molecule has 2 unspecified atom stereocenters. The van der Waals surface area contributed by atoms with Gasteiger partial charge in [0.1, 0.15) is 0 Å². The lowest BCUT2D eigenvalue weighted by Crippen LogP contribution is -2.45. The lowest BCUT2D eigenvalue weighted by atomic mass is 9.91. The van der Waals surface area contributed by atoms with Gasteiger partial charge in [0, 0.05) is 21.8 Å². The van der Waals surface area contributed by atoms with E-state index in [1.165, 1.54) is 11.1 Å². The third-order valence-electron chi connectivity index (χ3n) is 3.72. The second-order valence-electron chi connectivity index (χ2n) is 7.03. The summed E-state index contributed by atoms with van der Waals surface area (Å²) in [6.07, 6.45) is 2.10. The molecule has 2 atom stereocenters. The van der Waals surface area contributed by atoms with Crippen molar-refractivity contribution in [3.05, 3.63) is 35.5 Å². The Bertz CT molecular complexity index is 438. The van der Waals surface area contributed by atoms with E-state index >= 15 is 0 Å². The second kappa shape index (κ2) is 9.96. The Morgan fingerprint density at radius 3 is 2.14 bits per heavy atom. The Morgan fingerprint density at radius 1 is 1.23 bits per heavy atom. The topological polar surface area (TPSA) is 12.0 Å². The molecule has 0 radical (unpaired) electrons. The summed E-state index contributed by atoms with van der Waals surface area (Å²) in [6.45, 7) is 20.3. The number of allylic oxidation sites excluding steroid dienone is 2. The average molecular weight is 500 g/mol. The summed E-state index contributed by atoms with van der Waals surface area (Å²) < 4.78 is 1.13. The highest BCUT2D eigenvalue weighted by atomic mass is 127. The molecule has 0 saturated heterocycles. The Balaban J connectivity index is 4.96. The van der Waals surface area contributed by atoms with Crippen LogP contribution in [0.1, 0.15) is 47.5 Å². The first-order valence-electron chi connectivity index (χ1n) is 7.71. The monoisotopic (exact) mass is 499 g/mol. The lowest BCUT2D eigenvalue weighted by Gasteiger charge is -2.35. The molecule has 0 fully saturated rings. The molecule has 0 amide bonds. The van der Waals surface area contributed by atoms with Gasteiger partial charge in [0.25, 0.3) is 0 Å². The zero-order valence-corrected chi connectivity index (χ0v) is 19.7. The van der Waals surface area contributed by atoms with E-state index < -0.39 is 0 Å². The highest BCUT2D eigenvalue weighted by Crippen LogP contribution is 2.31. The second-order valence-corrected chi connectivity index (χ2v) is 9.75. The van der Waals surface area contributed by atoms with Crippen LogP contribution < -0.4 is 5.32 Å². The normalized spacial score (nSPS) is 16.0. The van der Waals surface area contributed by atoms with Crippen molar-refractivity contribution in [2.24, 2.45) is 0 Å². The van der Waals surface area contributed by atoms with Crippen LogP contribution in [0.15, 0.2) is 35.5 Å². The van der Waals surface area contributed by atoms with E-state index in [0.717, 1.165) is 40.3 Å². The van der Waals surface area contributed by atoms with Crippen LogP contribution in [0.3, 0.4) is 0 Å². The van der Waals surface area contributed by atoms with Crippen LogP contribution in [0.5, 0.6) is 0 Å². The van der Waals surface area contributed by atoms with Gasteiger partial charge in [-0.2, -0.15) is 0 Å². The zero-order valence-electron chi connectivity index (χ0n) is 14.8. The number of hydrogen-bond donors (Lipinski definition) is 1. The van der Waals surface area contributed by atoms with Gasteiger partial charge >= 0.3 is 0 Å². The number of rotatable bonds is 10. The van der Waals surface area contributed by atoms with Gasteiger partial charge in [-0.15, -0.1) is 9.24 Å². The van der Waals surface area contributed by atoms with Gasteiger partial charge in [0.05, 0.1) is 0 Å². The van der Waals surface area contributed by atoms with Gasteiger partial charge in [0.2, 0.25) is 0 Å². The van der Waals surface area contributed by atoms with Crippen molar-refractivity contribution in [2.45, 2.75) is 58.2 Å². The van der Waals surface area contributed by atoms with Crippen LogP contribution in [-0.2, 0) is 0 Å². The van der Waals surface area contributed by atoms with Crippen molar-refractivity contribution in [2.75, 3.05) is 16.3 Å². The van der Waals surface area contributed by atoms with E-state index in [-0.39, 0.29) is 10.7 Å². The molecule has 1 N–H and O–H groups in total. The predicted octanol–water partition coefficient (Wildman–Crippen LogP) is 6.05. The van der Waals surface area contributed by atoms with Crippen molar-refractivity contribution < 1.29 is 0 Å². The summed E-state index contributed by atoms with van der Waals surface area (Å²) in [7, 11) is 2.99. The van der Waals surface area contributed by atoms with Crippen molar-refractivity contribution in [3.63, 3.8) is 0 Å². The molecule has 0 aromatic heterocycles. The van der Waals surface area contributed by atoms with Gasteiger partial charge in [0.15, 0.2) is 0 Å². The van der Waals surface area contributed by atoms with Crippen molar-refractivity contribution >= 4 is 47.8 Å². The zero-order chi connectivity index (χ0) is 17.6. The molecule has 0 spiro atoms. The fourth-order valence-corrected chi connectivity index (χ4v) is 4.25. The van der Waals surface area contributed by atoms with Crippen molar-refractivity contribution in [3.8, 4) is 0 Å². The first-order chi connectivity index (χ1) is 9.99. The maximum atomic E-state index is 4.30. The molecular formula is C18H32BrINP. The molecule has 4 heteroatoms. The van der Waals surface area contributed by atoms with Gasteiger partial charge in [-0.05, 0) is 55.5 Å². The van der Waals surface area contributed by atoms with E-state index in [1.807, 2.05) is 0 Å². The number of hydrogen-bond acceptors (Lipinski definition) is 1. The van der Waals surface area contributed by atoms with Gasteiger partial charge in [-0.3, -0.25) is 0 Å². The quantitative estimate of drug-likeness (QED) is 0.167. The van der Waals surface area contributed by atoms with Crippen LogP contribution in [0.4, 0.5) is 0 Å². The Kier molecular flexibility index (Phi) is 10.3. The molecule has 0 aromatic rings. The van der Waals surface area contributed by atoms with Gasteiger partial charge in [-0.1, -0.05) is 71.1 Å². The van der Waals surface area contributed by atoms with Crippen molar-refractivity contribution in [1.82, 2.24) is 5.32 Å². The highest BCUT2D eigenvalue weighted by molar-refractivity contribution is 14.1. The van der Waals surface area contributed by atoms with Gasteiger partial charge < -0.3 is 5.32 Å². The maximum absolute atomic E-state index is 4.30. The standard InChI is InChI=1S/C18H32BrINP/c1-8-15(13(2)3)16(9-19)14(4)10-21-17(5,6)11-18(7,22)12-20/h21H,2,4,8-12,22H2,1,3,5-7H3/b16-15-. The minimum atomic E-state index is 0.0810. The van der Waals surface area contributed by atoms with Crippen LogP contribution in [0.25, 0.3) is 0 Å². The molecule has 0 aliphatic rings. The minimum absolute atomic E-state index is 0.0810. The first kappa shape index (κ1) is 22.8. The summed E-state index contributed by atoms with van der Waals surface area (Å²) in [6, 6.07) is 0. The van der Waals surface area contributed by atoms with E-state index in [2.05, 4.69) is 101 Å². The Morgan fingerprint density at radius 2 is 1.77 bits per heavy atom. The van der Waals surface area contributed by atoms with Crippen LogP contribution >= 0.6 is 47.8 Å². The maximum Gasteiger partial charge on any atom is 0.0288 e. The predicted molar refractivity (Wildman–Crippen MR) is 119 cm³/mol. The molecule has 128 valence electrons. The molecular weight excluding hydrogens is 468 g/mol. The smallest absolute Gasteiger partial charge is 0.0288 e. The molecule has 0 aromatic carbocycles. The van der Waals surface area contributed by atoms with Crippen LogP contribution in [0, 0.1) is 0 Å². The molecule has 0 bridgehead atoms. The number of nitrogens with one attached hydrogen (secondary N) is 1. The Hall–Kier alpha value is 0.820. The third kappa shape index (κ3) is 8.08. The van der Waals surface area contributed by atoms with Gasteiger partial charge in [-0.25, -0.2) is 0 Å². The average Bonchev–Trinajstić information content (AvgIpc) is 2.40. The molecule has 0 aliphatic carbocycles. The molecule has 1 nitrogen and oxygen atoms in total. The molecule has 0 rings (SSSR count). The van der Waals surface area contributed by atoms with E-state index in [0.29, 0.717) is 0 Å². The highest BCUT2D eigenvalue weighted by Gasteiger charge is 2.28. The van der Waals surface area contributed by atoms with Crippen LogP contribution in [-0.4, -0.2) is 27.0 Å². The summed E-state index contributed by atoms with van der Waals surface area (Å²) in [5.74, 6) is 0. The SMILES string of the molecule is C=C(C)/C(CC)=C(/CBr)C(=C)CNC(C)(C)CC(C)(P)CI. The number of alkyl halides is 2. The van der Waals surface area contributed by atoms with E-state index in [9.17, 15) is 0 Å². The molecule has 0 heterocycles. The first-order valence-corrected chi connectivity index (χ1v) is 10.9. The fourth-order valence-electron chi connectivity index (χ4n) is 2.73. The number of halogens is 2. The summed E-state index contributed by atoms with van der Waals surface area (Å²) in [5, 5.41) is 4.78. The fraction of sp³-hybridized carbons (Fsp3) is 0.667.